The van der Waals surface area contributed by atoms with Crippen molar-refractivity contribution in [2.24, 2.45) is 10.9 Å². The number of fused-ring (bicyclic) bond motifs is 1. The Morgan fingerprint density at radius 1 is 1.06 bits per heavy atom. The molecule has 1 aliphatic carbocycles. The number of aliphatic hydroxyl groups is 1. The van der Waals surface area contributed by atoms with E-state index in [0.29, 0.717) is 18.1 Å². The molecule has 0 bridgehead atoms. The summed E-state index contributed by atoms with van der Waals surface area (Å²) in [5, 5.41) is 10.1. The second-order valence-electron chi connectivity index (χ2n) is 8.68. The minimum atomic E-state index is -1.11. The van der Waals surface area contributed by atoms with E-state index in [2.05, 4.69) is 0 Å². The summed E-state index contributed by atoms with van der Waals surface area (Å²) in [4.78, 5) is 34.1. The lowest BCUT2D eigenvalue weighted by Gasteiger charge is -2.29. The number of nitrogens with zero attached hydrogens (tertiary/aromatic N) is 3. The molecule has 1 atom stereocenters. The molecular weight excluding hydrogens is 402 g/mol. The molecule has 1 unspecified atom stereocenters. The SMILES string of the molecule is CN1C(=O)C(N(CO)C(=O)CCC2CCCCC2)N=C(c2ccccc2)c2ccccc21. The van der Waals surface area contributed by atoms with Gasteiger partial charge in [0.2, 0.25) is 12.1 Å². The number of carbonyl (C=O) groups excluding carboxylic acids is 2. The second kappa shape index (κ2) is 10.1. The lowest BCUT2D eigenvalue weighted by molar-refractivity contribution is -0.143. The molecule has 4 rings (SSSR count). The number of likely N-dealkylation sites (N-methyl/N-ethyl adjacent to an activating group) is 1. The molecule has 1 N–H and O–H groups in total. The van der Waals surface area contributed by atoms with Gasteiger partial charge in [-0.25, -0.2) is 4.99 Å². The first-order valence-corrected chi connectivity index (χ1v) is 11.5. The highest BCUT2D eigenvalue weighted by Gasteiger charge is 2.36. The Labute approximate surface area is 189 Å². The van der Waals surface area contributed by atoms with Crippen molar-refractivity contribution in [2.45, 2.75) is 51.1 Å². The fraction of sp³-hybridized carbons (Fsp3) is 0.423. The largest absolute Gasteiger partial charge is 0.376 e. The van der Waals surface area contributed by atoms with Crippen LogP contribution in [0.3, 0.4) is 0 Å². The van der Waals surface area contributed by atoms with Crippen molar-refractivity contribution in [1.82, 2.24) is 4.90 Å². The van der Waals surface area contributed by atoms with E-state index in [1.807, 2.05) is 54.6 Å². The Balaban J connectivity index is 1.66. The predicted octanol–water partition coefficient (Wildman–Crippen LogP) is 3.97. The van der Waals surface area contributed by atoms with Gasteiger partial charge in [-0.05, 0) is 18.4 Å². The average Bonchev–Trinajstić information content (AvgIpc) is 2.95. The molecule has 0 spiro atoms. The molecule has 6 heteroatoms. The Morgan fingerprint density at radius 2 is 1.75 bits per heavy atom. The maximum Gasteiger partial charge on any atom is 0.272 e. The first-order valence-electron chi connectivity index (χ1n) is 11.5. The van der Waals surface area contributed by atoms with E-state index < -0.39 is 12.9 Å². The van der Waals surface area contributed by atoms with Crippen molar-refractivity contribution in [3.05, 3.63) is 65.7 Å². The van der Waals surface area contributed by atoms with Gasteiger partial charge in [-0.2, -0.15) is 0 Å². The number of para-hydroxylation sites is 1. The van der Waals surface area contributed by atoms with Crippen molar-refractivity contribution in [2.75, 3.05) is 18.7 Å². The zero-order chi connectivity index (χ0) is 22.5. The van der Waals surface area contributed by atoms with Gasteiger partial charge in [0.15, 0.2) is 0 Å². The third kappa shape index (κ3) is 4.60. The molecule has 2 amide bonds. The summed E-state index contributed by atoms with van der Waals surface area (Å²) in [6.45, 7) is -0.546. The molecule has 1 heterocycles. The molecule has 168 valence electrons. The summed E-state index contributed by atoms with van der Waals surface area (Å²) in [5.74, 6) is -0.0104. The van der Waals surface area contributed by atoms with E-state index in [-0.39, 0.29) is 11.8 Å². The minimum absolute atomic E-state index is 0.230. The standard InChI is InChI=1S/C26H31N3O3/c1-28-22-15-9-8-14-21(22)24(20-12-6-3-7-13-20)27-25(26(28)32)29(18-30)23(31)17-16-19-10-4-2-5-11-19/h3,6-9,12-15,19,25,30H,2,4-5,10-11,16-18H2,1H3. The fourth-order valence-electron chi connectivity index (χ4n) is 4.77. The number of amides is 2. The summed E-state index contributed by atoms with van der Waals surface area (Å²) < 4.78 is 0. The topological polar surface area (TPSA) is 73.2 Å². The van der Waals surface area contributed by atoms with Gasteiger partial charge in [0.1, 0.15) is 6.73 Å². The Morgan fingerprint density at radius 3 is 2.47 bits per heavy atom. The van der Waals surface area contributed by atoms with Crippen molar-refractivity contribution in [3.63, 3.8) is 0 Å². The molecule has 0 radical (unpaired) electrons. The number of hydrogen-bond acceptors (Lipinski definition) is 4. The number of hydrogen-bond donors (Lipinski definition) is 1. The Bertz CT molecular complexity index is 983. The molecule has 0 saturated heterocycles. The Hall–Kier alpha value is -2.99. The molecule has 32 heavy (non-hydrogen) atoms. The van der Waals surface area contributed by atoms with Gasteiger partial charge in [0.05, 0.1) is 11.4 Å². The van der Waals surface area contributed by atoms with E-state index in [1.54, 1.807) is 7.05 Å². The molecule has 2 aromatic rings. The monoisotopic (exact) mass is 433 g/mol. The zero-order valence-electron chi connectivity index (χ0n) is 18.6. The van der Waals surface area contributed by atoms with Gasteiger partial charge in [0, 0.05) is 24.6 Å². The van der Waals surface area contributed by atoms with Crippen LogP contribution in [-0.2, 0) is 9.59 Å². The number of aliphatic hydroxyl groups excluding tert-OH is 1. The highest BCUT2D eigenvalue weighted by Crippen LogP contribution is 2.30. The third-order valence-electron chi connectivity index (χ3n) is 6.63. The van der Waals surface area contributed by atoms with E-state index in [9.17, 15) is 14.7 Å². The maximum atomic E-state index is 13.4. The molecule has 2 aromatic carbocycles. The number of anilines is 1. The van der Waals surface area contributed by atoms with Crippen LogP contribution in [0.25, 0.3) is 0 Å². The van der Waals surface area contributed by atoms with Gasteiger partial charge in [-0.3, -0.25) is 14.5 Å². The van der Waals surface area contributed by atoms with Crippen LogP contribution in [0.4, 0.5) is 5.69 Å². The molecule has 0 aromatic heterocycles. The van der Waals surface area contributed by atoms with E-state index in [0.717, 1.165) is 36.1 Å². The van der Waals surface area contributed by atoms with Gasteiger partial charge in [-0.1, -0.05) is 80.6 Å². The van der Waals surface area contributed by atoms with Crippen LogP contribution in [0.1, 0.15) is 56.1 Å². The molecule has 1 aliphatic heterocycles. The summed E-state index contributed by atoms with van der Waals surface area (Å²) in [5.41, 5.74) is 3.06. The summed E-state index contributed by atoms with van der Waals surface area (Å²) >= 11 is 0. The van der Waals surface area contributed by atoms with Crippen LogP contribution in [0.15, 0.2) is 59.6 Å². The lowest BCUT2D eigenvalue weighted by Crippen LogP contribution is -2.49. The van der Waals surface area contributed by atoms with E-state index >= 15 is 0 Å². The number of aliphatic imine (C=N–C) groups is 1. The quantitative estimate of drug-likeness (QED) is 0.701. The van der Waals surface area contributed by atoms with Gasteiger partial charge >= 0.3 is 0 Å². The summed E-state index contributed by atoms with van der Waals surface area (Å²) in [7, 11) is 1.69. The molecular formula is C26H31N3O3. The van der Waals surface area contributed by atoms with Crippen molar-refractivity contribution in [1.29, 1.82) is 0 Å². The van der Waals surface area contributed by atoms with Gasteiger partial charge in [0.25, 0.3) is 5.91 Å². The lowest BCUT2D eigenvalue weighted by atomic mass is 9.86. The highest BCUT2D eigenvalue weighted by atomic mass is 16.3. The molecule has 6 nitrogen and oxygen atoms in total. The second-order valence-corrected chi connectivity index (χ2v) is 8.68. The van der Waals surface area contributed by atoms with Gasteiger partial charge in [-0.15, -0.1) is 0 Å². The maximum absolute atomic E-state index is 13.4. The van der Waals surface area contributed by atoms with Crippen LogP contribution < -0.4 is 4.90 Å². The first-order chi connectivity index (χ1) is 15.6. The summed E-state index contributed by atoms with van der Waals surface area (Å²) in [6, 6.07) is 17.3. The van der Waals surface area contributed by atoms with Crippen LogP contribution >= 0.6 is 0 Å². The summed E-state index contributed by atoms with van der Waals surface area (Å²) in [6.07, 6.45) is 6.03. The van der Waals surface area contributed by atoms with Crippen LogP contribution in [-0.4, -0.2) is 47.5 Å². The van der Waals surface area contributed by atoms with Crippen molar-refractivity contribution in [3.8, 4) is 0 Å². The zero-order valence-corrected chi connectivity index (χ0v) is 18.6. The number of benzene rings is 2. The van der Waals surface area contributed by atoms with E-state index in [1.165, 1.54) is 29.1 Å². The van der Waals surface area contributed by atoms with Crippen LogP contribution in [0, 0.1) is 5.92 Å². The first kappa shape index (κ1) is 22.2. The van der Waals surface area contributed by atoms with E-state index in [4.69, 9.17) is 4.99 Å². The fourth-order valence-corrected chi connectivity index (χ4v) is 4.77. The molecule has 2 aliphatic rings. The third-order valence-corrected chi connectivity index (χ3v) is 6.63. The highest BCUT2D eigenvalue weighted by molar-refractivity contribution is 6.20. The van der Waals surface area contributed by atoms with Crippen molar-refractivity contribution < 1.29 is 14.7 Å². The smallest absolute Gasteiger partial charge is 0.272 e. The molecule has 1 saturated carbocycles. The number of rotatable bonds is 6. The molecule has 1 fully saturated rings. The minimum Gasteiger partial charge on any atom is -0.376 e. The normalized spacial score (nSPS) is 19.2. The average molecular weight is 434 g/mol. The van der Waals surface area contributed by atoms with Crippen LogP contribution in [0.5, 0.6) is 0 Å². The number of benzodiazepines with no additional fused rings is 1. The number of carbonyl (C=O) groups is 2. The van der Waals surface area contributed by atoms with Crippen molar-refractivity contribution >= 4 is 23.2 Å². The van der Waals surface area contributed by atoms with Gasteiger partial charge < -0.3 is 10.0 Å². The Kier molecular flexibility index (Phi) is 7.00. The van der Waals surface area contributed by atoms with Crippen LogP contribution in [0.2, 0.25) is 0 Å². The predicted molar refractivity (Wildman–Crippen MR) is 125 cm³/mol.